The van der Waals surface area contributed by atoms with Gasteiger partial charge in [0, 0.05) is 0 Å². The Morgan fingerprint density at radius 1 is 0.469 bits per heavy atom. The topological polar surface area (TPSA) is 78.9 Å². The molecule has 6 heteroatoms. The summed E-state index contributed by atoms with van der Waals surface area (Å²) in [6.45, 7) is 8.88. The van der Waals surface area contributed by atoms with Crippen LogP contribution in [0, 0.1) is 5.41 Å². The number of esters is 3. The number of hydrogen-bond acceptors (Lipinski definition) is 6. The lowest BCUT2D eigenvalue weighted by atomic mass is 9.82. The zero-order valence-electron chi connectivity index (χ0n) is 21.2. The summed E-state index contributed by atoms with van der Waals surface area (Å²) in [7, 11) is 0. The van der Waals surface area contributed by atoms with Crippen LogP contribution in [-0.2, 0) is 28.6 Å². The van der Waals surface area contributed by atoms with Crippen LogP contribution in [0.1, 0.15) is 124 Å². The third-order valence-corrected chi connectivity index (χ3v) is 5.64. The molecule has 0 heterocycles. The number of ether oxygens (including phenoxy) is 3. The molecule has 0 rings (SSSR count). The first-order chi connectivity index (χ1) is 15.5. The van der Waals surface area contributed by atoms with E-state index in [0.717, 1.165) is 64.2 Å². The highest BCUT2D eigenvalue weighted by molar-refractivity contribution is 6.17. The predicted molar refractivity (Wildman–Crippen MR) is 127 cm³/mol. The van der Waals surface area contributed by atoms with E-state index in [1.807, 2.05) is 0 Å². The van der Waals surface area contributed by atoms with Crippen molar-refractivity contribution in [1.82, 2.24) is 0 Å². The predicted octanol–water partition coefficient (Wildman–Crippen LogP) is 6.53. The second-order valence-corrected chi connectivity index (χ2v) is 8.60. The van der Waals surface area contributed by atoms with Crippen LogP contribution in [0.15, 0.2) is 0 Å². The van der Waals surface area contributed by atoms with E-state index < -0.39 is 23.3 Å². The molecule has 0 N–H and O–H groups in total. The fourth-order valence-electron chi connectivity index (χ4n) is 3.47. The van der Waals surface area contributed by atoms with Crippen molar-refractivity contribution in [3.8, 4) is 0 Å². The largest absolute Gasteiger partial charge is 0.464 e. The van der Waals surface area contributed by atoms with Crippen molar-refractivity contribution in [2.24, 2.45) is 5.41 Å². The molecule has 188 valence electrons. The number of carbonyl (C=O) groups is 3. The van der Waals surface area contributed by atoms with E-state index in [1.54, 1.807) is 0 Å². The highest BCUT2D eigenvalue weighted by atomic mass is 16.6. The SMILES string of the molecule is CCCCCCCC(C(=O)OCCCCC)(C(=O)OCCCCC)C(=O)OCCCCC. The van der Waals surface area contributed by atoms with Gasteiger partial charge in [-0.25, -0.2) is 0 Å². The first kappa shape index (κ1) is 30.4. The van der Waals surface area contributed by atoms with Gasteiger partial charge in [0.05, 0.1) is 19.8 Å². The number of hydrogen-bond donors (Lipinski definition) is 0. The second-order valence-electron chi connectivity index (χ2n) is 8.60. The summed E-state index contributed by atoms with van der Waals surface area (Å²) in [5.74, 6) is -2.44. The van der Waals surface area contributed by atoms with Crippen LogP contribution in [0.2, 0.25) is 0 Å². The summed E-state index contributed by atoms with van der Waals surface area (Å²) in [6, 6.07) is 0. The van der Waals surface area contributed by atoms with Gasteiger partial charge in [0.2, 0.25) is 0 Å². The van der Waals surface area contributed by atoms with Crippen LogP contribution in [-0.4, -0.2) is 37.7 Å². The van der Waals surface area contributed by atoms with Gasteiger partial charge in [0.1, 0.15) is 0 Å². The van der Waals surface area contributed by atoms with Gasteiger partial charge >= 0.3 is 17.9 Å². The van der Waals surface area contributed by atoms with Gasteiger partial charge < -0.3 is 14.2 Å². The minimum atomic E-state index is -2.02. The Morgan fingerprint density at radius 2 is 0.781 bits per heavy atom. The average molecular weight is 457 g/mol. The molecule has 0 unspecified atom stereocenters. The molecule has 0 atom stereocenters. The quantitative estimate of drug-likeness (QED) is 0.0845. The molecule has 0 bridgehead atoms. The van der Waals surface area contributed by atoms with Crippen molar-refractivity contribution in [3.63, 3.8) is 0 Å². The highest BCUT2D eigenvalue weighted by Gasteiger charge is 2.57. The number of rotatable bonds is 21. The van der Waals surface area contributed by atoms with Crippen LogP contribution in [0.3, 0.4) is 0 Å². The summed E-state index contributed by atoms with van der Waals surface area (Å²) in [4.78, 5) is 39.6. The third-order valence-electron chi connectivity index (χ3n) is 5.64. The summed E-state index contributed by atoms with van der Waals surface area (Å²) in [5.41, 5.74) is -2.02. The van der Waals surface area contributed by atoms with Gasteiger partial charge in [-0.1, -0.05) is 98.3 Å². The van der Waals surface area contributed by atoms with E-state index >= 15 is 0 Å². The Bertz CT molecular complexity index is 443. The monoisotopic (exact) mass is 456 g/mol. The normalized spacial score (nSPS) is 11.2. The first-order valence-corrected chi connectivity index (χ1v) is 13.0. The van der Waals surface area contributed by atoms with Crippen LogP contribution in [0.4, 0.5) is 0 Å². The maximum Gasteiger partial charge on any atom is 0.335 e. The Labute approximate surface area is 196 Å². The van der Waals surface area contributed by atoms with Crippen molar-refractivity contribution in [2.45, 2.75) is 124 Å². The standard InChI is InChI=1S/C26H48O6/c1-5-9-13-14-15-19-26(23(27)30-20-16-10-6-2,24(28)31-21-17-11-7-3)25(29)32-22-18-12-8-4/h5-22H2,1-4H3. The van der Waals surface area contributed by atoms with Gasteiger partial charge in [0.25, 0.3) is 5.41 Å². The molecular formula is C26H48O6. The molecule has 0 aliphatic carbocycles. The molecule has 0 spiro atoms. The summed E-state index contributed by atoms with van der Waals surface area (Å²) in [5, 5.41) is 0. The zero-order valence-corrected chi connectivity index (χ0v) is 21.2. The van der Waals surface area contributed by atoms with Crippen molar-refractivity contribution in [2.75, 3.05) is 19.8 Å². The smallest absolute Gasteiger partial charge is 0.335 e. The molecule has 0 aliphatic rings. The highest BCUT2D eigenvalue weighted by Crippen LogP contribution is 2.32. The van der Waals surface area contributed by atoms with E-state index in [1.165, 1.54) is 0 Å². The third kappa shape index (κ3) is 11.9. The Kier molecular flexibility index (Phi) is 19.1. The van der Waals surface area contributed by atoms with Gasteiger partial charge in [-0.3, -0.25) is 14.4 Å². The van der Waals surface area contributed by atoms with E-state index in [9.17, 15) is 14.4 Å². The van der Waals surface area contributed by atoms with Crippen LogP contribution in [0.25, 0.3) is 0 Å². The van der Waals surface area contributed by atoms with Crippen molar-refractivity contribution in [1.29, 1.82) is 0 Å². The molecular weight excluding hydrogens is 408 g/mol. The Balaban J connectivity index is 5.52. The van der Waals surface area contributed by atoms with Crippen LogP contribution < -0.4 is 0 Å². The van der Waals surface area contributed by atoms with Gasteiger partial charge in [-0.05, 0) is 25.7 Å². The number of carbonyl (C=O) groups excluding carboxylic acids is 3. The van der Waals surface area contributed by atoms with E-state index in [2.05, 4.69) is 27.7 Å². The van der Waals surface area contributed by atoms with E-state index in [4.69, 9.17) is 14.2 Å². The summed E-state index contributed by atoms with van der Waals surface area (Å²) < 4.78 is 16.3. The average Bonchev–Trinajstić information content (AvgIpc) is 2.79. The molecule has 0 radical (unpaired) electrons. The maximum atomic E-state index is 13.2. The summed E-state index contributed by atoms with van der Waals surface area (Å²) in [6.07, 6.45) is 12.4. The zero-order chi connectivity index (χ0) is 24.1. The van der Waals surface area contributed by atoms with Crippen molar-refractivity contribution in [3.05, 3.63) is 0 Å². The molecule has 6 nitrogen and oxygen atoms in total. The Morgan fingerprint density at radius 3 is 1.12 bits per heavy atom. The van der Waals surface area contributed by atoms with Crippen LogP contribution in [0.5, 0.6) is 0 Å². The van der Waals surface area contributed by atoms with Crippen molar-refractivity contribution < 1.29 is 28.6 Å². The lowest BCUT2D eigenvalue weighted by Gasteiger charge is -2.27. The second kappa shape index (κ2) is 20.0. The van der Waals surface area contributed by atoms with Crippen molar-refractivity contribution >= 4 is 17.9 Å². The molecule has 0 saturated carbocycles. The van der Waals surface area contributed by atoms with Gasteiger partial charge in [-0.2, -0.15) is 0 Å². The molecule has 0 aromatic rings. The van der Waals surface area contributed by atoms with E-state index in [-0.39, 0.29) is 26.2 Å². The number of unbranched alkanes of at least 4 members (excludes halogenated alkanes) is 10. The molecule has 0 aliphatic heterocycles. The molecule has 0 fully saturated rings. The minimum Gasteiger partial charge on any atom is -0.464 e. The fraction of sp³-hybridized carbons (Fsp3) is 0.885. The van der Waals surface area contributed by atoms with Gasteiger partial charge in [0.15, 0.2) is 0 Å². The first-order valence-electron chi connectivity index (χ1n) is 13.0. The molecule has 0 amide bonds. The van der Waals surface area contributed by atoms with E-state index in [0.29, 0.717) is 25.7 Å². The molecule has 0 saturated heterocycles. The van der Waals surface area contributed by atoms with Gasteiger partial charge in [-0.15, -0.1) is 0 Å². The lowest BCUT2D eigenvalue weighted by Crippen LogP contribution is -2.49. The summed E-state index contributed by atoms with van der Waals surface area (Å²) >= 11 is 0. The Hall–Kier alpha value is -1.59. The maximum absolute atomic E-state index is 13.2. The molecule has 32 heavy (non-hydrogen) atoms. The lowest BCUT2D eigenvalue weighted by molar-refractivity contribution is -0.185. The fourth-order valence-corrected chi connectivity index (χ4v) is 3.47. The minimum absolute atomic E-state index is 0.0720. The van der Waals surface area contributed by atoms with Crippen LogP contribution >= 0.6 is 0 Å². The molecule has 0 aromatic carbocycles. The molecule has 0 aromatic heterocycles.